The van der Waals surface area contributed by atoms with Crippen LogP contribution in [0.15, 0.2) is 36.5 Å². The number of likely N-dealkylation sites (tertiary alicyclic amines) is 2. The minimum Gasteiger partial charge on any atom is -0.370 e. The minimum atomic E-state index is 0.101. The van der Waals surface area contributed by atoms with Crippen LogP contribution < -0.4 is 0 Å². The predicted octanol–water partition coefficient (Wildman–Crippen LogP) is 3.80. The van der Waals surface area contributed by atoms with Crippen molar-refractivity contribution in [1.82, 2.24) is 19.6 Å². The number of hydrogen-bond donors (Lipinski definition) is 0. The number of carbonyl (C=O) groups excluding carboxylic acids is 2. The molecule has 3 fully saturated rings. The van der Waals surface area contributed by atoms with Gasteiger partial charge in [0.2, 0.25) is 0 Å². The Balaban J connectivity index is 1.15. The van der Waals surface area contributed by atoms with Crippen LogP contribution in [0.2, 0.25) is 0 Å². The van der Waals surface area contributed by atoms with Gasteiger partial charge >= 0.3 is 6.03 Å². The van der Waals surface area contributed by atoms with Gasteiger partial charge in [0.25, 0.3) is 0 Å². The molecule has 3 saturated heterocycles. The average molecular weight is 451 g/mol. The van der Waals surface area contributed by atoms with E-state index in [0.717, 1.165) is 37.3 Å². The Morgan fingerprint density at radius 2 is 1.85 bits per heavy atom. The van der Waals surface area contributed by atoms with E-state index >= 15 is 0 Å². The number of Topliss-reactive ketones (excluding diaryl/α,β-unsaturated/α-hetero) is 1. The summed E-state index contributed by atoms with van der Waals surface area (Å²) >= 11 is 0. The number of rotatable bonds is 3. The van der Waals surface area contributed by atoms with E-state index in [-0.39, 0.29) is 35.9 Å². The van der Waals surface area contributed by atoms with Crippen LogP contribution in [-0.2, 0) is 16.1 Å². The molecule has 33 heavy (non-hydrogen) atoms. The number of piperidine rings is 1. The van der Waals surface area contributed by atoms with Crippen LogP contribution in [0.3, 0.4) is 0 Å². The van der Waals surface area contributed by atoms with Crippen molar-refractivity contribution in [3.8, 4) is 11.3 Å². The lowest BCUT2D eigenvalue weighted by atomic mass is 9.87. The summed E-state index contributed by atoms with van der Waals surface area (Å²) in [6.07, 6.45) is 3.54. The molecule has 7 heteroatoms. The predicted molar refractivity (Wildman–Crippen MR) is 126 cm³/mol. The Morgan fingerprint density at radius 3 is 2.58 bits per heavy atom. The molecule has 2 atom stereocenters. The fourth-order valence-corrected chi connectivity index (χ4v) is 5.21. The monoisotopic (exact) mass is 450 g/mol. The van der Waals surface area contributed by atoms with E-state index in [2.05, 4.69) is 51.1 Å². The maximum absolute atomic E-state index is 13.0. The molecule has 7 nitrogen and oxygen atoms in total. The first kappa shape index (κ1) is 22.1. The number of hydrogen-bond acceptors (Lipinski definition) is 4. The van der Waals surface area contributed by atoms with E-state index in [1.54, 1.807) is 0 Å². The van der Waals surface area contributed by atoms with Crippen LogP contribution in [0.1, 0.15) is 45.1 Å². The van der Waals surface area contributed by atoms with Crippen LogP contribution in [0.5, 0.6) is 0 Å². The van der Waals surface area contributed by atoms with Gasteiger partial charge < -0.3 is 14.5 Å². The van der Waals surface area contributed by atoms with E-state index < -0.39 is 0 Å². The number of aromatic nitrogens is 2. The number of nitrogens with zero attached hydrogens (tertiary/aromatic N) is 4. The van der Waals surface area contributed by atoms with Crippen molar-refractivity contribution in [3.63, 3.8) is 0 Å². The zero-order valence-electron chi connectivity index (χ0n) is 19.9. The van der Waals surface area contributed by atoms with Gasteiger partial charge in [-0.05, 0) is 23.5 Å². The summed E-state index contributed by atoms with van der Waals surface area (Å²) in [7, 11) is 0. The molecule has 0 bridgehead atoms. The van der Waals surface area contributed by atoms with Crippen molar-refractivity contribution < 1.29 is 14.3 Å². The van der Waals surface area contributed by atoms with Gasteiger partial charge in [-0.15, -0.1) is 0 Å². The van der Waals surface area contributed by atoms with Crippen molar-refractivity contribution in [3.05, 3.63) is 42.1 Å². The minimum absolute atomic E-state index is 0.101. The number of benzene rings is 1. The molecule has 0 radical (unpaired) electrons. The van der Waals surface area contributed by atoms with Crippen molar-refractivity contribution in [2.75, 3.05) is 32.8 Å². The van der Waals surface area contributed by atoms with E-state index in [1.807, 2.05) is 20.7 Å². The Hall–Kier alpha value is -2.67. The Morgan fingerprint density at radius 1 is 1.09 bits per heavy atom. The van der Waals surface area contributed by atoms with Crippen molar-refractivity contribution in [1.29, 1.82) is 0 Å². The Kier molecular flexibility index (Phi) is 5.77. The van der Waals surface area contributed by atoms with Crippen molar-refractivity contribution >= 4 is 11.8 Å². The quantitative estimate of drug-likeness (QED) is 0.714. The topological polar surface area (TPSA) is 67.7 Å². The van der Waals surface area contributed by atoms with Gasteiger partial charge in [-0.3, -0.25) is 9.48 Å². The fourth-order valence-electron chi connectivity index (χ4n) is 5.21. The molecular formula is C26H34N4O3. The first-order valence-electron chi connectivity index (χ1n) is 12.1. The first-order chi connectivity index (χ1) is 15.7. The number of amides is 2. The first-order valence-corrected chi connectivity index (χ1v) is 12.1. The van der Waals surface area contributed by atoms with Crippen LogP contribution in [-0.4, -0.2) is 70.3 Å². The summed E-state index contributed by atoms with van der Waals surface area (Å²) in [5, 5.41) is 4.72. The number of carbonyl (C=O) groups is 2. The standard InChI is InChI=1S/C26H34N4O3/c1-26(2,3)17-30-11-8-23(27-30)19-6-4-18(5-7-19)21-14-29(15-21)25(32)28-10-9-24-20(13-28)12-22(31)16-33-24/h4-8,11,20-21,24H,9-10,12-17H2,1-3H3/t20-,24+/m1/s1. The third kappa shape index (κ3) is 4.83. The van der Waals surface area contributed by atoms with E-state index in [1.165, 1.54) is 5.56 Å². The van der Waals surface area contributed by atoms with Crippen molar-refractivity contribution in [2.24, 2.45) is 11.3 Å². The molecule has 2 amide bonds. The maximum atomic E-state index is 13.0. The molecule has 1 aromatic carbocycles. The molecule has 3 aliphatic rings. The lowest BCUT2D eigenvalue weighted by molar-refractivity contribution is -0.140. The largest absolute Gasteiger partial charge is 0.370 e. The second kappa shape index (κ2) is 8.60. The summed E-state index contributed by atoms with van der Waals surface area (Å²) in [4.78, 5) is 28.5. The van der Waals surface area contributed by atoms with Gasteiger partial charge in [-0.25, -0.2) is 4.79 Å². The Labute approximate surface area is 195 Å². The lowest BCUT2D eigenvalue weighted by Gasteiger charge is -2.46. The van der Waals surface area contributed by atoms with Gasteiger partial charge in [-0.2, -0.15) is 5.10 Å². The Bertz CT molecular complexity index is 1020. The van der Waals surface area contributed by atoms with E-state index in [9.17, 15) is 9.59 Å². The lowest BCUT2D eigenvalue weighted by Crippen LogP contribution is -2.58. The summed E-state index contributed by atoms with van der Waals surface area (Å²) in [5.74, 6) is 0.679. The summed E-state index contributed by atoms with van der Waals surface area (Å²) in [6, 6.07) is 10.8. The highest BCUT2D eigenvalue weighted by molar-refractivity contribution is 5.81. The smallest absolute Gasteiger partial charge is 0.320 e. The molecule has 4 heterocycles. The molecule has 176 valence electrons. The molecule has 0 saturated carbocycles. The molecule has 3 aliphatic heterocycles. The fraction of sp³-hybridized carbons (Fsp3) is 0.577. The van der Waals surface area contributed by atoms with Gasteiger partial charge in [0.1, 0.15) is 6.61 Å². The molecule has 0 unspecified atom stereocenters. The van der Waals surface area contributed by atoms with Crippen LogP contribution in [0.4, 0.5) is 4.79 Å². The zero-order chi connectivity index (χ0) is 23.2. The highest BCUT2D eigenvalue weighted by Crippen LogP contribution is 2.32. The molecule has 5 rings (SSSR count). The number of ketones is 1. The van der Waals surface area contributed by atoms with Gasteiger partial charge in [0.15, 0.2) is 5.78 Å². The normalized spacial score (nSPS) is 23.9. The third-order valence-electron chi connectivity index (χ3n) is 6.99. The van der Waals surface area contributed by atoms with E-state index in [0.29, 0.717) is 25.4 Å². The van der Waals surface area contributed by atoms with Crippen LogP contribution in [0, 0.1) is 11.3 Å². The van der Waals surface area contributed by atoms with Crippen LogP contribution in [0.25, 0.3) is 11.3 Å². The van der Waals surface area contributed by atoms with Crippen LogP contribution >= 0.6 is 0 Å². The van der Waals surface area contributed by atoms with Gasteiger partial charge in [0.05, 0.1) is 11.8 Å². The molecule has 0 spiro atoms. The summed E-state index contributed by atoms with van der Waals surface area (Å²) < 4.78 is 7.67. The molecule has 2 aromatic rings. The summed E-state index contributed by atoms with van der Waals surface area (Å²) in [6.45, 7) is 10.6. The molecule has 0 N–H and O–H groups in total. The number of ether oxygens (including phenoxy) is 1. The van der Waals surface area contributed by atoms with Crippen molar-refractivity contribution in [2.45, 2.75) is 52.2 Å². The SMILES string of the molecule is CC(C)(C)Cn1ccc(-c2ccc(C3CN(C(=O)N4CC[C@@H]5OCC(=O)C[C@@H]5C4)C3)cc2)n1. The second-order valence-corrected chi connectivity index (χ2v) is 11.1. The molecular weight excluding hydrogens is 416 g/mol. The average Bonchev–Trinajstić information content (AvgIpc) is 3.19. The summed E-state index contributed by atoms with van der Waals surface area (Å²) in [5.41, 5.74) is 3.57. The van der Waals surface area contributed by atoms with Gasteiger partial charge in [0, 0.05) is 62.7 Å². The highest BCUT2D eigenvalue weighted by Gasteiger charge is 2.40. The third-order valence-corrected chi connectivity index (χ3v) is 6.99. The molecule has 0 aliphatic carbocycles. The maximum Gasteiger partial charge on any atom is 0.320 e. The molecule has 1 aromatic heterocycles. The van der Waals surface area contributed by atoms with E-state index in [4.69, 9.17) is 9.84 Å². The highest BCUT2D eigenvalue weighted by atomic mass is 16.5. The number of urea groups is 1. The number of fused-ring (bicyclic) bond motifs is 1. The second-order valence-electron chi connectivity index (χ2n) is 11.1. The van der Waals surface area contributed by atoms with Gasteiger partial charge in [-0.1, -0.05) is 45.0 Å². The zero-order valence-corrected chi connectivity index (χ0v) is 19.9.